The molecule has 0 bridgehead atoms. The van der Waals surface area contributed by atoms with Crippen LogP contribution in [0.2, 0.25) is 10.0 Å². The first-order chi connectivity index (χ1) is 15.4. The molecule has 0 unspecified atom stereocenters. The number of aromatic nitrogens is 2. The smallest absolute Gasteiger partial charge is 0.286 e. The summed E-state index contributed by atoms with van der Waals surface area (Å²) >= 11 is 15.5. The highest BCUT2D eigenvalue weighted by molar-refractivity contribution is 9.10. The highest BCUT2D eigenvalue weighted by Gasteiger charge is 2.23. The number of nitrogens with zero attached hydrogens (tertiary/aromatic N) is 3. The average molecular weight is 539 g/mol. The maximum atomic E-state index is 12.8. The van der Waals surface area contributed by atoms with E-state index in [4.69, 9.17) is 27.9 Å². The van der Waals surface area contributed by atoms with Crippen LogP contribution in [-0.4, -0.2) is 34.0 Å². The fraction of sp³-hybridized carbons (Fsp3) is 0.375. The van der Waals surface area contributed by atoms with Crippen LogP contribution in [0.4, 0.5) is 0 Å². The third-order valence-electron chi connectivity index (χ3n) is 6.09. The molecular formula is C24H26BrCl2N3O2. The van der Waals surface area contributed by atoms with E-state index in [1.807, 2.05) is 48.1 Å². The van der Waals surface area contributed by atoms with Gasteiger partial charge in [0, 0.05) is 19.7 Å². The lowest BCUT2D eigenvalue weighted by atomic mass is 9.94. The van der Waals surface area contributed by atoms with Crippen molar-refractivity contribution in [1.82, 2.24) is 14.3 Å². The minimum atomic E-state index is -0.0250. The Bertz CT molecular complexity index is 1120. The molecule has 0 spiro atoms. The Morgan fingerprint density at radius 3 is 2.47 bits per heavy atom. The van der Waals surface area contributed by atoms with Crippen molar-refractivity contribution in [2.75, 3.05) is 19.7 Å². The van der Waals surface area contributed by atoms with Crippen molar-refractivity contribution in [2.24, 2.45) is 13.0 Å². The van der Waals surface area contributed by atoms with Crippen molar-refractivity contribution < 1.29 is 4.74 Å². The lowest BCUT2D eigenvalue weighted by Crippen LogP contribution is -2.34. The molecule has 170 valence electrons. The number of para-hydroxylation sites is 1. The van der Waals surface area contributed by atoms with Gasteiger partial charge in [-0.1, -0.05) is 41.4 Å². The van der Waals surface area contributed by atoms with Crippen LogP contribution in [0.25, 0.3) is 5.69 Å². The zero-order valence-electron chi connectivity index (χ0n) is 17.9. The van der Waals surface area contributed by atoms with Gasteiger partial charge in [0.05, 0.1) is 28.0 Å². The highest BCUT2D eigenvalue weighted by Crippen LogP contribution is 2.28. The minimum absolute atomic E-state index is 0.0250. The lowest BCUT2D eigenvalue weighted by Gasteiger charge is -2.32. The summed E-state index contributed by atoms with van der Waals surface area (Å²) in [5.41, 5.74) is 1.84. The van der Waals surface area contributed by atoms with Crippen LogP contribution < -0.4 is 10.3 Å². The molecular weight excluding hydrogens is 513 g/mol. The Balaban J connectivity index is 1.31. The highest BCUT2D eigenvalue weighted by atomic mass is 79.9. The number of hydrogen-bond acceptors (Lipinski definition) is 3. The van der Waals surface area contributed by atoms with E-state index in [0.717, 1.165) is 56.0 Å². The van der Waals surface area contributed by atoms with E-state index >= 15 is 0 Å². The zero-order chi connectivity index (χ0) is 22.7. The fourth-order valence-electron chi connectivity index (χ4n) is 4.20. The molecule has 0 saturated carbocycles. The predicted octanol–water partition coefficient (Wildman–Crippen LogP) is 5.93. The molecule has 5 nitrogen and oxygen atoms in total. The molecule has 1 aromatic heterocycles. The summed E-state index contributed by atoms with van der Waals surface area (Å²) in [7, 11) is 1.95. The third kappa shape index (κ3) is 5.25. The fourth-order valence-corrected chi connectivity index (χ4v) is 5.04. The van der Waals surface area contributed by atoms with Crippen molar-refractivity contribution in [2.45, 2.75) is 25.8 Å². The number of ether oxygens (including phenoxy) is 1. The largest absolute Gasteiger partial charge is 0.494 e. The second-order valence-electron chi connectivity index (χ2n) is 8.17. The molecule has 0 amide bonds. The molecule has 1 fully saturated rings. The van der Waals surface area contributed by atoms with Gasteiger partial charge in [-0.2, -0.15) is 0 Å². The maximum Gasteiger partial charge on any atom is 0.286 e. The van der Waals surface area contributed by atoms with Crippen LogP contribution in [-0.2, 0) is 13.6 Å². The summed E-state index contributed by atoms with van der Waals surface area (Å²) in [6.45, 7) is 3.43. The molecule has 2 heterocycles. The van der Waals surface area contributed by atoms with E-state index in [2.05, 4.69) is 20.8 Å². The predicted molar refractivity (Wildman–Crippen MR) is 133 cm³/mol. The van der Waals surface area contributed by atoms with Gasteiger partial charge < -0.3 is 4.74 Å². The van der Waals surface area contributed by atoms with Crippen molar-refractivity contribution in [1.29, 1.82) is 0 Å². The Labute approximate surface area is 206 Å². The summed E-state index contributed by atoms with van der Waals surface area (Å²) in [6, 6.07) is 15.1. The van der Waals surface area contributed by atoms with Crippen LogP contribution in [0.1, 0.15) is 25.0 Å². The van der Waals surface area contributed by atoms with Crippen LogP contribution in [0.5, 0.6) is 5.75 Å². The van der Waals surface area contributed by atoms with Crippen LogP contribution >= 0.6 is 39.1 Å². The van der Waals surface area contributed by atoms with Gasteiger partial charge in [-0.25, -0.2) is 4.68 Å². The number of hydrogen-bond donors (Lipinski definition) is 0. The van der Waals surface area contributed by atoms with Crippen LogP contribution in [0.15, 0.2) is 57.8 Å². The summed E-state index contributed by atoms with van der Waals surface area (Å²) in [6.07, 6.45) is 3.26. The van der Waals surface area contributed by atoms with Crippen LogP contribution in [0, 0.1) is 5.92 Å². The Hall–Kier alpha value is -1.73. The zero-order valence-corrected chi connectivity index (χ0v) is 21.0. The lowest BCUT2D eigenvalue weighted by molar-refractivity contribution is 0.154. The van der Waals surface area contributed by atoms with E-state index in [-0.39, 0.29) is 5.56 Å². The quantitative estimate of drug-likeness (QED) is 0.374. The van der Waals surface area contributed by atoms with Gasteiger partial charge in [-0.3, -0.25) is 14.4 Å². The molecule has 0 aliphatic carbocycles. The second kappa shape index (κ2) is 10.5. The van der Waals surface area contributed by atoms with Crippen molar-refractivity contribution in [3.63, 3.8) is 0 Å². The summed E-state index contributed by atoms with van der Waals surface area (Å²) < 4.78 is 10.2. The molecule has 32 heavy (non-hydrogen) atoms. The molecule has 0 atom stereocenters. The van der Waals surface area contributed by atoms with Gasteiger partial charge in [0.15, 0.2) is 0 Å². The van der Waals surface area contributed by atoms with E-state index in [9.17, 15) is 4.79 Å². The van der Waals surface area contributed by atoms with E-state index in [1.54, 1.807) is 16.8 Å². The van der Waals surface area contributed by atoms with Gasteiger partial charge in [0.2, 0.25) is 0 Å². The summed E-state index contributed by atoms with van der Waals surface area (Å²) in [4.78, 5) is 15.2. The topological polar surface area (TPSA) is 39.4 Å². The molecule has 0 radical (unpaired) electrons. The van der Waals surface area contributed by atoms with Crippen molar-refractivity contribution in [3.05, 3.63) is 79.1 Å². The SMILES string of the molecule is Cn1c(CN2CCC(CCOc3ccc(Cl)c(Cl)c3)CC2)c(Br)c(=O)n1-c1ccccc1. The second-order valence-corrected chi connectivity index (χ2v) is 9.78. The monoisotopic (exact) mass is 537 g/mol. The normalized spacial score (nSPS) is 15.2. The molecule has 1 aliphatic rings. The van der Waals surface area contributed by atoms with E-state index in [0.29, 0.717) is 27.0 Å². The molecule has 1 saturated heterocycles. The Kier molecular flexibility index (Phi) is 7.66. The first kappa shape index (κ1) is 23.4. The number of rotatable bonds is 7. The first-order valence-corrected chi connectivity index (χ1v) is 12.3. The standard InChI is InChI=1S/C24H26BrCl2N3O2/c1-28-22(23(25)24(31)30(28)18-5-3-2-4-6-18)16-29-12-9-17(10-13-29)11-14-32-19-7-8-20(26)21(27)15-19/h2-8,15,17H,9-14,16H2,1H3. The van der Waals surface area contributed by atoms with Crippen molar-refractivity contribution >= 4 is 39.1 Å². The van der Waals surface area contributed by atoms with Crippen molar-refractivity contribution in [3.8, 4) is 11.4 Å². The number of halogens is 3. The van der Waals surface area contributed by atoms with Gasteiger partial charge in [-0.15, -0.1) is 0 Å². The summed E-state index contributed by atoms with van der Waals surface area (Å²) in [5.74, 6) is 1.39. The molecule has 0 N–H and O–H groups in total. The minimum Gasteiger partial charge on any atom is -0.494 e. The Morgan fingerprint density at radius 2 is 1.78 bits per heavy atom. The van der Waals surface area contributed by atoms with E-state index < -0.39 is 0 Å². The van der Waals surface area contributed by atoms with Gasteiger partial charge in [0.1, 0.15) is 10.2 Å². The molecule has 2 aromatic carbocycles. The molecule has 3 aromatic rings. The van der Waals surface area contributed by atoms with Gasteiger partial charge in [0.25, 0.3) is 5.56 Å². The Morgan fingerprint density at radius 1 is 1.06 bits per heavy atom. The molecule has 1 aliphatic heterocycles. The summed E-state index contributed by atoms with van der Waals surface area (Å²) in [5, 5.41) is 1.05. The molecule has 8 heteroatoms. The number of likely N-dealkylation sites (tertiary alicyclic amines) is 1. The third-order valence-corrected chi connectivity index (χ3v) is 7.63. The number of piperidine rings is 1. The average Bonchev–Trinajstić information content (AvgIpc) is 3.01. The number of benzene rings is 2. The molecule has 4 rings (SSSR count). The van der Waals surface area contributed by atoms with E-state index in [1.165, 1.54) is 0 Å². The van der Waals surface area contributed by atoms with Gasteiger partial charge in [-0.05, 0) is 78.5 Å². The maximum absolute atomic E-state index is 12.8. The first-order valence-electron chi connectivity index (χ1n) is 10.8. The van der Waals surface area contributed by atoms with Gasteiger partial charge >= 0.3 is 0 Å². The van der Waals surface area contributed by atoms with Crippen LogP contribution in [0.3, 0.4) is 0 Å².